The maximum absolute atomic E-state index is 9.44. The molecule has 3 heteroatoms. The highest BCUT2D eigenvalue weighted by Crippen LogP contribution is 2.00. The first-order chi connectivity index (χ1) is 8.83. The molecule has 0 fully saturated rings. The van der Waals surface area contributed by atoms with E-state index in [0.29, 0.717) is 6.61 Å². The van der Waals surface area contributed by atoms with Gasteiger partial charge in [0, 0.05) is 6.42 Å². The molecule has 1 aromatic carbocycles. The first-order valence-electron chi connectivity index (χ1n) is 6.18. The summed E-state index contributed by atoms with van der Waals surface area (Å²) in [5.74, 6) is 5.59. The topological polar surface area (TPSA) is 41.8 Å². The Kier molecular flexibility index (Phi) is 7.34. The van der Waals surface area contributed by atoms with Crippen molar-refractivity contribution in [3.05, 3.63) is 35.9 Å². The fourth-order valence-electron chi connectivity index (χ4n) is 1.27. The van der Waals surface area contributed by atoms with Crippen LogP contribution in [0.25, 0.3) is 0 Å². The Morgan fingerprint density at radius 1 is 1.39 bits per heavy atom. The van der Waals surface area contributed by atoms with Gasteiger partial charge >= 0.3 is 0 Å². The van der Waals surface area contributed by atoms with Gasteiger partial charge in [0.05, 0.1) is 6.21 Å². The van der Waals surface area contributed by atoms with E-state index in [9.17, 15) is 5.11 Å². The van der Waals surface area contributed by atoms with E-state index in [0.717, 1.165) is 24.8 Å². The van der Waals surface area contributed by atoms with Gasteiger partial charge in [0.15, 0.2) is 6.10 Å². The summed E-state index contributed by atoms with van der Waals surface area (Å²) >= 11 is 0. The predicted octanol–water partition coefficient (Wildman–Crippen LogP) is 2.74. The number of nitrogens with zero attached hydrogens (tertiary/aromatic N) is 1. The number of rotatable bonds is 6. The maximum atomic E-state index is 9.44. The lowest BCUT2D eigenvalue weighted by molar-refractivity contribution is 0.129. The lowest BCUT2D eigenvalue weighted by atomic mass is 10.2. The van der Waals surface area contributed by atoms with Gasteiger partial charge < -0.3 is 9.94 Å². The van der Waals surface area contributed by atoms with Crippen molar-refractivity contribution in [1.82, 2.24) is 0 Å². The van der Waals surface area contributed by atoms with Gasteiger partial charge in [-0.05, 0) is 12.0 Å². The Balaban J connectivity index is 2.21. The number of aliphatic hydroxyl groups is 1. The molecule has 0 radical (unpaired) electrons. The number of hydrogen-bond donors (Lipinski definition) is 1. The Morgan fingerprint density at radius 2 is 2.17 bits per heavy atom. The van der Waals surface area contributed by atoms with Crippen LogP contribution >= 0.6 is 0 Å². The van der Waals surface area contributed by atoms with Crippen molar-refractivity contribution in [2.45, 2.75) is 38.9 Å². The molecular weight excluding hydrogens is 226 g/mol. The molecule has 96 valence electrons. The first kappa shape index (κ1) is 14.3. The Morgan fingerprint density at radius 3 is 2.89 bits per heavy atom. The fourth-order valence-corrected chi connectivity index (χ4v) is 1.27. The van der Waals surface area contributed by atoms with Crippen molar-refractivity contribution < 1.29 is 9.94 Å². The average molecular weight is 245 g/mol. The van der Waals surface area contributed by atoms with E-state index in [1.165, 1.54) is 6.21 Å². The standard InChI is InChI=1S/C15H19NO2/c1-2-3-4-8-11-15(17)12-16-18-13-14-9-6-5-7-10-14/h5-7,9-10,12,15,17H,2-4,13H2,1H3/b16-12+. The van der Waals surface area contributed by atoms with E-state index in [1.54, 1.807) is 0 Å². The first-order valence-corrected chi connectivity index (χ1v) is 6.18. The second kappa shape index (κ2) is 9.26. The van der Waals surface area contributed by atoms with Gasteiger partial charge in [-0.1, -0.05) is 54.8 Å². The summed E-state index contributed by atoms with van der Waals surface area (Å²) in [6, 6.07) is 9.74. The number of oxime groups is 1. The summed E-state index contributed by atoms with van der Waals surface area (Å²) in [5, 5.41) is 13.1. The van der Waals surface area contributed by atoms with E-state index in [1.807, 2.05) is 30.3 Å². The molecule has 1 unspecified atom stereocenters. The summed E-state index contributed by atoms with van der Waals surface area (Å²) in [5.41, 5.74) is 1.04. The molecule has 0 heterocycles. The molecule has 0 aliphatic carbocycles. The zero-order chi connectivity index (χ0) is 13.1. The predicted molar refractivity (Wildman–Crippen MR) is 73.0 cm³/mol. The van der Waals surface area contributed by atoms with Crippen molar-refractivity contribution in [2.24, 2.45) is 5.16 Å². The van der Waals surface area contributed by atoms with Crippen LogP contribution in [0.15, 0.2) is 35.5 Å². The van der Waals surface area contributed by atoms with Crippen molar-refractivity contribution in [1.29, 1.82) is 0 Å². The summed E-state index contributed by atoms with van der Waals surface area (Å²) in [6.07, 6.45) is 3.44. The van der Waals surface area contributed by atoms with E-state index in [2.05, 4.69) is 23.9 Å². The van der Waals surface area contributed by atoms with Crippen LogP contribution < -0.4 is 0 Å². The molecule has 0 bridgehead atoms. The second-order valence-electron chi connectivity index (χ2n) is 3.88. The molecule has 1 atom stereocenters. The lowest BCUT2D eigenvalue weighted by Gasteiger charge is -1.99. The third-order valence-corrected chi connectivity index (χ3v) is 2.26. The van der Waals surface area contributed by atoms with Crippen LogP contribution in [0.2, 0.25) is 0 Å². The van der Waals surface area contributed by atoms with Gasteiger partial charge in [0.1, 0.15) is 6.61 Å². The Bertz CT molecular complexity index is 403. The number of aliphatic hydroxyl groups excluding tert-OH is 1. The SMILES string of the molecule is CCCCC#CC(O)/C=N/OCc1ccccc1. The van der Waals surface area contributed by atoms with Crippen LogP contribution in [-0.4, -0.2) is 17.4 Å². The molecule has 1 N–H and O–H groups in total. The third-order valence-electron chi connectivity index (χ3n) is 2.26. The van der Waals surface area contributed by atoms with Crippen molar-refractivity contribution in [3.63, 3.8) is 0 Å². The van der Waals surface area contributed by atoms with Crippen molar-refractivity contribution >= 4 is 6.21 Å². The van der Waals surface area contributed by atoms with Crippen LogP contribution in [0.1, 0.15) is 31.7 Å². The van der Waals surface area contributed by atoms with Crippen LogP contribution in [-0.2, 0) is 11.4 Å². The minimum Gasteiger partial charge on any atom is -0.391 e. The summed E-state index contributed by atoms with van der Waals surface area (Å²) in [6.45, 7) is 2.50. The zero-order valence-electron chi connectivity index (χ0n) is 10.7. The molecule has 0 amide bonds. The highest BCUT2D eigenvalue weighted by Gasteiger charge is 1.93. The molecule has 0 aliphatic heterocycles. The Labute approximate surface area is 108 Å². The highest BCUT2D eigenvalue weighted by molar-refractivity contribution is 5.66. The molecule has 1 rings (SSSR count). The van der Waals surface area contributed by atoms with Crippen molar-refractivity contribution in [3.8, 4) is 11.8 Å². The minimum absolute atomic E-state index is 0.396. The van der Waals surface area contributed by atoms with E-state index in [4.69, 9.17) is 4.84 Å². The molecule has 0 spiro atoms. The Hall–Kier alpha value is -1.79. The second-order valence-corrected chi connectivity index (χ2v) is 3.88. The van der Waals surface area contributed by atoms with Gasteiger partial charge in [-0.15, -0.1) is 5.92 Å². The van der Waals surface area contributed by atoms with Crippen LogP contribution in [0.5, 0.6) is 0 Å². The zero-order valence-corrected chi connectivity index (χ0v) is 10.7. The molecule has 3 nitrogen and oxygen atoms in total. The third kappa shape index (κ3) is 6.72. The van der Waals surface area contributed by atoms with Crippen LogP contribution in [0.4, 0.5) is 0 Å². The maximum Gasteiger partial charge on any atom is 0.153 e. The fraction of sp³-hybridized carbons (Fsp3) is 0.400. The van der Waals surface area contributed by atoms with Crippen LogP contribution in [0, 0.1) is 11.8 Å². The smallest absolute Gasteiger partial charge is 0.153 e. The van der Waals surface area contributed by atoms with Gasteiger partial charge in [-0.3, -0.25) is 0 Å². The lowest BCUT2D eigenvalue weighted by Crippen LogP contribution is -2.04. The van der Waals surface area contributed by atoms with Gasteiger partial charge in [-0.25, -0.2) is 0 Å². The summed E-state index contributed by atoms with van der Waals surface area (Å²) < 4.78 is 0. The van der Waals surface area contributed by atoms with Gasteiger partial charge in [0.25, 0.3) is 0 Å². The monoisotopic (exact) mass is 245 g/mol. The molecule has 1 aromatic rings. The number of benzene rings is 1. The van der Waals surface area contributed by atoms with Gasteiger partial charge in [0.2, 0.25) is 0 Å². The molecule has 0 saturated carbocycles. The van der Waals surface area contributed by atoms with E-state index in [-0.39, 0.29) is 0 Å². The largest absolute Gasteiger partial charge is 0.391 e. The van der Waals surface area contributed by atoms with Crippen LogP contribution in [0.3, 0.4) is 0 Å². The normalized spacial score (nSPS) is 11.9. The quantitative estimate of drug-likeness (QED) is 0.362. The highest BCUT2D eigenvalue weighted by atomic mass is 16.6. The molecule has 0 aromatic heterocycles. The summed E-state index contributed by atoms with van der Waals surface area (Å²) in [4.78, 5) is 5.06. The molecule has 0 aliphatic rings. The average Bonchev–Trinajstić information content (AvgIpc) is 2.41. The minimum atomic E-state index is -0.849. The van der Waals surface area contributed by atoms with E-state index >= 15 is 0 Å². The summed E-state index contributed by atoms with van der Waals surface area (Å²) in [7, 11) is 0. The van der Waals surface area contributed by atoms with Crippen molar-refractivity contribution in [2.75, 3.05) is 0 Å². The molecule has 0 saturated heterocycles. The van der Waals surface area contributed by atoms with Gasteiger partial charge in [-0.2, -0.15) is 0 Å². The number of unbranched alkanes of at least 4 members (excludes halogenated alkanes) is 2. The van der Waals surface area contributed by atoms with E-state index < -0.39 is 6.10 Å². The number of hydrogen-bond acceptors (Lipinski definition) is 3. The molecular formula is C15H19NO2. The molecule has 18 heavy (non-hydrogen) atoms.